The normalized spacial score (nSPS) is 34.1. The predicted molar refractivity (Wildman–Crippen MR) is 64.4 cm³/mol. The standard InChI is InChI=1S/C13H25NO2/c1-2-11-4-3-6-14(8-11)9-13(15)12-5-7-16-10-12/h11-13,15H,2-10H2,1H3. The van der Waals surface area contributed by atoms with E-state index in [0.29, 0.717) is 5.92 Å². The van der Waals surface area contributed by atoms with Crippen LogP contribution < -0.4 is 0 Å². The lowest BCUT2D eigenvalue weighted by Crippen LogP contribution is -2.42. The number of aliphatic hydroxyl groups is 1. The van der Waals surface area contributed by atoms with Crippen LogP contribution in [0.2, 0.25) is 0 Å². The first-order valence-electron chi connectivity index (χ1n) is 6.77. The minimum absolute atomic E-state index is 0.182. The van der Waals surface area contributed by atoms with Crippen molar-refractivity contribution in [3.8, 4) is 0 Å². The van der Waals surface area contributed by atoms with Crippen LogP contribution in [-0.4, -0.2) is 49.0 Å². The molecule has 3 heteroatoms. The lowest BCUT2D eigenvalue weighted by Gasteiger charge is -2.34. The molecule has 3 atom stereocenters. The number of nitrogens with zero attached hydrogens (tertiary/aromatic N) is 1. The number of hydrogen-bond donors (Lipinski definition) is 1. The van der Waals surface area contributed by atoms with Gasteiger partial charge >= 0.3 is 0 Å². The Morgan fingerprint density at radius 3 is 3.00 bits per heavy atom. The van der Waals surface area contributed by atoms with Crippen molar-refractivity contribution in [2.75, 3.05) is 32.8 Å². The first-order chi connectivity index (χ1) is 7.79. The van der Waals surface area contributed by atoms with Crippen LogP contribution in [0.4, 0.5) is 0 Å². The Kier molecular flexibility index (Phi) is 4.62. The van der Waals surface area contributed by atoms with Gasteiger partial charge in [0.25, 0.3) is 0 Å². The van der Waals surface area contributed by atoms with Crippen LogP contribution in [0.3, 0.4) is 0 Å². The van der Waals surface area contributed by atoms with Gasteiger partial charge in [0.2, 0.25) is 0 Å². The molecule has 0 aromatic rings. The Morgan fingerprint density at radius 2 is 2.31 bits per heavy atom. The highest BCUT2D eigenvalue weighted by Crippen LogP contribution is 2.22. The second kappa shape index (κ2) is 5.99. The van der Waals surface area contributed by atoms with Crippen molar-refractivity contribution in [2.45, 2.75) is 38.7 Å². The number of hydrogen-bond acceptors (Lipinski definition) is 3. The van der Waals surface area contributed by atoms with Crippen LogP contribution in [-0.2, 0) is 4.74 Å². The Hall–Kier alpha value is -0.120. The van der Waals surface area contributed by atoms with Crippen molar-refractivity contribution in [1.82, 2.24) is 4.90 Å². The van der Waals surface area contributed by atoms with E-state index < -0.39 is 0 Å². The van der Waals surface area contributed by atoms with Gasteiger partial charge in [-0.3, -0.25) is 0 Å². The lowest BCUT2D eigenvalue weighted by atomic mass is 9.94. The van der Waals surface area contributed by atoms with E-state index in [9.17, 15) is 5.11 Å². The summed E-state index contributed by atoms with van der Waals surface area (Å²) in [6.45, 7) is 7.06. The number of likely N-dealkylation sites (tertiary alicyclic amines) is 1. The number of ether oxygens (including phenoxy) is 1. The molecule has 16 heavy (non-hydrogen) atoms. The summed E-state index contributed by atoms with van der Waals surface area (Å²) in [7, 11) is 0. The van der Waals surface area contributed by atoms with E-state index in [2.05, 4.69) is 11.8 Å². The molecule has 2 aliphatic rings. The molecular formula is C13H25NO2. The van der Waals surface area contributed by atoms with Gasteiger partial charge in [-0.25, -0.2) is 0 Å². The molecule has 0 saturated carbocycles. The number of piperidine rings is 1. The van der Waals surface area contributed by atoms with Gasteiger partial charge in [-0.15, -0.1) is 0 Å². The summed E-state index contributed by atoms with van der Waals surface area (Å²) in [4.78, 5) is 2.45. The van der Waals surface area contributed by atoms with Gasteiger partial charge in [0, 0.05) is 25.6 Å². The monoisotopic (exact) mass is 227 g/mol. The van der Waals surface area contributed by atoms with Crippen LogP contribution in [0.5, 0.6) is 0 Å². The molecule has 0 amide bonds. The molecule has 2 heterocycles. The van der Waals surface area contributed by atoms with E-state index in [-0.39, 0.29) is 6.10 Å². The maximum atomic E-state index is 10.1. The van der Waals surface area contributed by atoms with Gasteiger partial charge in [-0.1, -0.05) is 13.3 Å². The zero-order valence-electron chi connectivity index (χ0n) is 10.4. The van der Waals surface area contributed by atoms with Crippen LogP contribution in [0.25, 0.3) is 0 Å². The Bertz CT molecular complexity index is 204. The zero-order chi connectivity index (χ0) is 11.4. The van der Waals surface area contributed by atoms with E-state index in [1.807, 2.05) is 0 Å². The molecule has 2 rings (SSSR count). The molecular weight excluding hydrogens is 202 g/mol. The van der Waals surface area contributed by atoms with E-state index in [4.69, 9.17) is 4.74 Å². The SMILES string of the molecule is CCC1CCCN(CC(O)C2CCOC2)C1. The largest absolute Gasteiger partial charge is 0.391 e. The molecule has 2 saturated heterocycles. The van der Waals surface area contributed by atoms with Gasteiger partial charge in [0.1, 0.15) is 0 Å². The average Bonchev–Trinajstić information content (AvgIpc) is 2.83. The quantitative estimate of drug-likeness (QED) is 0.790. The van der Waals surface area contributed by atoms with Crippen molar-refractivity contribution in [3.05, 3.63) is 0 Å². The van der Waals surface area contributed by atoms with Gasteiger partial charge in [0.15, 0.2) is 0 Å². The Morgan fingerprint density at radius 1 is 1.44 bits per heavy atom. The maximum Gasteiger partial charge on any atom is 0.0718 e. The first-order valence-corrected chi connectivity index (χ1v) is 6.77. The highest BCUT2D eigenvalue weighted by Gasteiger charge is 2.27. The third-order valence-electron chi connectivity index (χ3n) is 4.13. The summed E-state index contributed by atoms with van der Waals surface area (Å²) in [5.41, 5.74) is 0. The highest BCUT2D eigenvalue weighted by molar-refractivity contribution is 4.79. The fourth-order valence-corrected chi connectivity index (χ4v) is 2.92. The third kappa shape index (κ3) is 3.19. The molecule has 1 N–H and O–H groups in total. The molecule has 2 fully saturated rings. The van der Waals surface area contributed by atoms with Crippen molar-refractivity contribution in [2.24, 2.45) is 11.8 Å². The Labute approximate surface area is 98.8 Å². The maximum absolute atomic E-state index is 10.1. The fourth-order valence-electron chi connectivity index (χ4n) is 2.92. The summed E-state index contributed by atoms with van der Waals surface area (Å²) in [5.74, 6) is 1.22. The average molecular weight is 227 g/mol. The lowest BCUT2D eigenvalue weighted by molar-refractivity contribution is 0.0409. The molecule has 0 aromatic heterocycles. The molecule has 3 nitrogen and oxygen atoms in total. The van der Waals surface area contributed by atoms with E-state index in [1.54, 1.807) is 0 Å². The minimum Gasteiger partial charge on any atom is -0.391 e. The van der Waals surface area contributed by atoms with Crippen LogP contribution in [0.15, 0.2) is 0 Å². The Balaban J connectivity index is 1.75. The first kappa shape index (κ1) is 12.3. The van der Waals surface area contributed by atoms with Crippen LogP contribution >= 0.6 is 0 Å². The number of rotatable bonds is 4. The van der Waals surface area contributed by atoms with Gasteiger partial charge in [-0.05, 0) is 31.7 Å². The van der Waals surface area contributed by atoms with Crippen LogP contribution in [0.1, 0.15) is 32.6 Å². The molecule has 0 aromatic carbocycles. The predicted octanol–water partition coefficient (Wildman–Crippen LogP) is 1.51. The summed E-state index contributed by atoms with van der Waals surface area (Å²) in [6.07, 6.45) is 4.80. The number of aliphatic hydroxyl groups excluding tert-OH is 1. The number of β-amino-alcohol motifs (C(OH)–C–C–N with tert-alkyl or cyclic N) is 1. The molecule has 0 aliphatic carbocycles. The molecule has 2 aliphatic heterocycles. The van der Waals surface area contributed by atoms with Crippen molar-refractivity contribution >= 4 is 0 Å². The molecule has 94 valence electrons. The minimum atomic E-state index is -0.182. The van der Waals surface area contributed by atoms with Gasteiger partial charge < -0.3 is 14.7 Å². The summed E-state index contributed by atoms with van der Waals surface area (Å²) < 4.78 is 5.33. The van der Waals surface area contributed by atoms with E-state index in [0.717, 1.165) is 32.1 Å². The molecule has 0 spiro atoms. The van der Waals surface area contributed by atoms with E-state index in [1.165, 1.54) is 32.4 Å². The molecule has 3 unspecified atom stereocenters. The van der Waals surface area contributed by atoms with Crippen molar-refractivity contribution in [3.63, 3.8) is 0 Å². The topological polar surface area (TPSA) is 32.7 Å². The second-order valence-electron chi connectivity index (χ2n) is 5.37. The molecule has 0 radical (unpaired) electrons. The van der Waals surface area contributed by atoms with Crippen molar-refractivity contribution in [1.29, 1.82) is 0 Å². The smallest absolute Gasteiger partial charge is 0.0718 e. The second-order valence-corrected chi connectivity index (χ2v) is 5.37. The van der Waals surface area contributed by atoms with Crippen LogP contribution in [0, 0.1) is 11.8 Å². The van der Waals surface area contributed by atoms with Gasteiger partial charge in [-0.2, -0.15) is 0 Å². The zero-order valence-corrected chi connectivity index (χ0v) is 10.4. The third-order valence-corrected chi connectivity index (χ3v) is 4.13. The van der Waals surface area contributed by atoms with Crippen molar-refractivity contribution < 1.29 is 9.84 Å². The van der Waals surface area contributed by atoms with Gasteiger partial charge in [0.05, 0.1) is 12.7 Å². The highest BCUT2D eigenvalue weighted by atomic mass is 16.5. The molecule has 0 bridgehead atoms. The summed E-state index contributed by atoms with van der Waals surface area (Å²) in [5, 5.41) is 10.1. The van der Waals surface area contributed by atoms with E-state index >= 15 is 0 Å². The fraction of sp³-hybridized carbons (Fsp3) is 1.00. The summed E-state index contributed by atoms with van der Waals surface area (Å²) >= 11 is 0. The summed E-state index contributed by atoms with van der Waals surface area (Å²) in [6, 6.07) is 0.